The van der Waals surface area contributed by atoms with Crippen LogP contribution in [0.2, 0.25) is 0 Å². The summed E-state index contributed by atoms with van der Waals surface area (Å²) >= 11 is 0. The number of hydrogen-bond donors (Lipinski definition) is 1. The largest absolute Gasteiger partial charge is 0.360 e. The van der Waals surface area contributed by atoms with Crippen molar-refractivity contribution < 1.29 is 9.18 Å². The Hall–Kier alpha value is -3.14. The van der Waals surface area contributed by atoms with Crippen molar-refractivity contribution in [2.24, 2.45) is 0 Å². The Morgan fingerprint density at radius 2 is 1.62 bits per heavy atom. The molecule has 0 radical (unpaired) electrons. The zero-order valence-electron chi connectivity index (χ0n) is 12.8. The van der Waals surface area contributed by atoms with Gasteiger partial charge in [-0.15, -0.1) is 0 Å². The smallest absolute Gasteiger partial charge is 0.262 e. The highest BCUT2D eigenvalue weighted by atomic mass is 19.1. The van der Waals surface area contributed by atoms with E-state index < -0.39 is 6.17 Å². The topological polar surface area (TPSA) is 32.3 Å². The highest BCUT2D eigenvalue weighted by Gasteiger charge is 2.33. The number of hydrogen-bond acceptors (Lipinski definition) is 2. The Bertz CT molecular complexity index is 895. The van der Waals surface area contributed by atoms with Crippen LogP contribution in [0.15, 0.2) is 78.9 Å². The number of amides is 1. The summed E-state index contributed by atoms with van der Waals surface area (Å²) in [6, 6.07) is 23.1. The van der Waals surface area contributed by atoms with Crippen molar-refractivity contribution in [3.8, 4) is 0 Å². The minimum Gasteiger partial charge on any atom is -0.360 e. The van der Waals surface area contributed by atoms with Crippen LogP contribution in [0.1, 0.15) is 22.1 Å². The van der Waals surface area contributed by atoms with E-state index in [1.54, 1.807) is 17.0 Å². The molecule has 3 aromatic carbocycles. The van der Waals surface area contributed by atoms with E-state index in [-0.39, 0.29) is 11.7 Å². The zero-order chi connectivity index (χ0) is 16.5. The second-order valence-electron chi connectivity index (χ2n) is 5.66. The van der Waals surface area contributed by atoms with E-state index in [1.807, 2.05) is 54.6 Å². The monoisotopic (exact) mass is 318 g/mol. The summed E-state index contributed by atoms with van der Waals surface area (Å²) in [5.74, 6) is -0.432. The van der Waals surface area contributed by atoms with Crippen LogP contribution >= 0.6 is 0 Å². The Morgan fingerprint density at radius 3 is 2.42 bits per heavy atom. The molecule has 0 saturated carbocycles. The van der Waals surface area contributed by atoms with Crippen LogP contribution in [0.4, 0.5) is 15.8 Å². The van der Waals surface area contributed by atoms with Gasteiger partial charge in [0.1, 0.15) is 12.0 Å². The van der Waals surface area contributed by atoms with Gasteiger partial charge in [0, 0.05) is 11.4 Å². The normalized spacial score (nSPS) is 16.5. The highest BCUT2D eigenvalue weighted by Crippen LogP contribution is 2.36. The molecule has 118 valence electrons. The molecule has 1 aliphatic heterocycles. The molecule has 24 heavy (non-hydrogen) atoms. The predicted molar refractivity (Wildman–Crippen MR) is 92.5 cm³/mol. The van der Waals surface area contributed by atoms with Gasteiger partial charge in [-0.1, -0.05) is 42.5 Å². The molecule has 0 bridgehead atoms. The Morgan fingerprint density at radius 1 is 0.875 bits per heavy atom. The lowest BCUT2D eigenvalue weighted by molar-refractivity contribution is 0.0975. The van der Waals surface area contributed by atoms with Crippen molar-refractivity contribution >= 4 is 17.3 Å². The molecule has 1 amide bonds. The molecule has 0 spiro atoms. The number of carbonyl (C=O) groups is 1. The number of fused-ring (bicyclic) bond motifs is 1. The molecule has 1 N–H and O–H groups in total. The summed E-state index contributed by atoms with van der Waals surface area (Å²) in [5, 5.41) is 3.36. The van der Waals surface area contributed by atoms with Crippen molar-refractivity contribution in [3.63, 3.8) is 0 Å². The van der Waals surface area contributed by atoms with Crippen molar-refractivity contribution in [1.82, 2.24) is 0 Å². The van der Waals surface area contributed by atoms with Gasteiger partial charge in [-0.05, 0) is 42.0 Å². The molecule has 0 saturated heterocycles. The molecule has 1 atom stereocenters. The average molecular weight is 318 g/mol. The SMILES string of the molecule is O=C1c2ccccc2N[C@@H](c2cccc(F)c2)N1c1ccccc1. The van der Waals surface area contributed by atoms with Crippen LogP contribution in [-0.2, 0) is 0 Å². The van der Waals surface area contributed by atoms with Crippen LogP contribution < -0.4 is 10.2 Å². The maximum absolute atomic E-state index is 13.7. The average Bonchev–Trinajstić information content (AvgIpc) is 2.62. The number of halogens is 1. The second kappa shape index (κ2) is 5.81. The van der Waals surface area contributed by atoms with Gasteiger partial charge in [-0.2, -0.15) is 0 Å². The van der Waals surface area contributed by atoms with Crippen LogP contribution in [0.25, 0.3) is 0 Å². The number of nitrogens with one attached hydrogen (secondary N) is 1. The third-order valence-electron chi connectivity index (χ3n) is 4.13. The van der Waals surface area contributed by atoms with Gasteiger partial charge in [-0.25, -0.2) is 4.39 Å². The summed E-state index contributed by atoms with van der Waals surface area (Å²) in [6.45, 7) is 0. The number of para-hydroxylation sites is 2. The van der Waals surface area contributed by atoms with E-state index in [2.05, 4.69) is 5.32 Å². The van der Waals surface area contributed by atoms with Gasteiger partial charge in [0.05, 0.1) is 5.56 Å². The molecule has 3 aromatic rings. The number of carbonyl (C=O) groups excluding carboxylic acids is 1. The van der Waals surface area contributed by atoms with E-state index >= 15 is 0 Å². The van der Waals surface area contributed by atoms with Gasteiger partial charge in [-0.3, -0.25) is 9.69 Å². The summed E-state index contributed by atoms with van der Waals surface area (Å²) in [6.07, 6.45) is -0.467. The predicted octanol–water partition coefficient (Wildman–Crippen LogP) is 4.60. The van der Waals surface area contributed by atoms with Gasteiger partial charge >= 0.3 is 0 Å². The molecule has 3 nitrogen and oxygen atoms in total. The second-order valence-corrected chi connectivity index (χ2v) is 5.66. The lowest BCUT2D eigenvalue weighted by Gasteiger charge is -2.38. The fourth-order valence-corrected chi connectivity index (χ4v) is 3.02. The van der Waals surface area contributed by atoms with E-state index in [9.17, 15) is 9.18 Å². The fraction of sp³-hybridized carbons (Fsp3) is 0.0500. The first-order valence-corrected chi connectivity index (χ1v) is 7.74. The summed E-state index contributed by atoms with van der Waals surface area (Å²) < 4.78 is 13.7. The van der Waals surface area contributed by atoms with Crippen LogP contribution in [0.5, 0.6) is 0 Å². The molecular formula is C20H15FN2O. The maximum atomic E-state index is 13.7. The van der Waals surface area contributed by atoms with Crippen molar-refractivity contribution in [3.05, 3.63) is 95.8 Å². The lowest BCUT2D eigenvalue weighted by Crippen LogP contribution is -2.43. The fourth-order valence-electron chi connectivity index (χ4n) is 3.02. The number of anilines is 2. The van der Waals surface area contributed by atoms with Gasteiger partial charge in [0.25, 0.3) is 5.91 Å². The molecule has 1 aliphatic rings. The van der Waals surface area contributed by atoms with E-state index in [0.717, 1.165) is 11.4 Å². The number of benzene rings is 3. The van der Waals surface area contributed by atoms with Crippen LogP contribution in [0.3, 0.4) is 0 Å². The first-order chi connectivity index (χ1) is 11.7. The van der Waals surface area contributed by atoms with Crippen LogP contribution in [-0.4, -0.2) is 5.91 Å². The van der Waals surface area contributed by atoms with Crippen molar-refractivity contribution in [2.45, 2.75) is 6.17 Å². The first kappa shape index (κ1) is 14.5. The quantitative estimate of drug-likeness (QED) is 0.749. The minimum atomic E-state index is -0.467. The molecule has 0 fully saturated rings. The zero-order valence-corrected chi connectivity index (χ0v) is 12.8. The van der Waals surface area contributed by atoms with E-state index in [1.165, 1.54) is 12.1 Å². The molecule has 0 aromatic heterocycles. The van der Waals surface area contributed by atoms with E-state index in [0.29, 0.717) is 11.1 Å². The number of nitrogens with zero attached hydrogens (tertiary/aromatic N) is 1. The van der Waals surface area contributed by atoms with Crippen molar-refractivity contribution in [1.29, 1.82) is 0 Å². The number of rotatable bonds is 2. The minimum absolute atomic E-state index is 0.107. The third-order valence-corrected chi connectivity index (χ3v) is 4.13. The maximum Gasteiger partial charge on any atom is 0.262 e. The summed E-state index contributed by atoms with van der Waals surface area (Å²) in [7, 11) is 0. The highest BCUT2D eigenvalue weighted by molar-refractivity contribution is 6.12. The molecular weight excluding hydrogens is 303 g/mol. The molecule has 4 rings (SSSR count). The lowest BCUT2D eigenvalue weighted by atomic mass is 10.0. The molecule has 4 heteroatoms. The van der Waals surface area contributed by atoms with Gasteiger partial charge < -0.3 is 5.32 Å². The standard InChI is InChI=1S/C20H15FN2O/c21-15-8-6-7-14(13-15)19-22-18-12-5-4-11-17(18)20(24)23(19)16-9-2-1-3-10-16/h1-13,19,22H/t19-/m1/s1. The Labute approximate surface area is 139 Å². The Balaban J connectivity index is 1.87. The van der Waals surface area contributed by atoms with Gasteiger partial charge in [0.15, 0.2) is 0 Å². The summed E-state index contributed by atoms with van der Waals surface area (Å²) in [4.78, 5) is 14.7. The van der Waals surface area contributed by atoms with Crippen LogP contribution in [0, 0.1) is 5.82 Å². The first-order valence-electron chi connectivity index (χ1n) is 7.74. The molecule has 1 heterocycles. The summed E-state index contributed by atoms with van der Waals surface area (Å²) in [5.41, 5.74) is 2.82. The molecule has 0 unspecified atom stereocenters. The van der Waals surface area contributed by atoms with Gasteiger partial charge in [0.2, 0.25) is 0 Å². The third kappa shape index (κ3) is 2.42. The van der Waals surface area contributed by atoms with E-state index in [4.69, 9.17) is 0 Å². The Kier molecular flexibility index (Phi) is 3.50. The van der Waals surface area contributed by atoms with Crippen molar-refractivity contribution in [2.75, 3.05) is 10.2 Å². The molecule has 0 aliphatic carbocycles.